The highest BCUT2D eigenvalue weighted by molar-refractivity contribution is 5.84. The van der Waals surface area contributed by atoms with Crippen molar-refractivity contribution in [1.82, 2.24) is 0 Å². The van der Waals surface area contributed by atoms with Crippen LogP contribution in [-0.4, -0.2) is 24.3 Å². The Morgan fingerprint density at radius 1 is 1.83 bits per heavy atom. The van der Waals surface area contributed by atoms with Crippen molar-refractivity contribution in [3.05, 3.63) is 23.3 Å². The zero-order chi connectivity index (χ0) is 8.97. The van der Waals surface area contributed by atoms with Crippen molar-refractivity contribution in [3.8, 4) is 0 Å². The average Bonchev–Trinajstić information content (AvgIpc) is 2.07. The van der Waals surface area contributed by atoms with Gasteiger partial charge in [-0.2, -0.15) is 0 Å². The molecule has 0 saturated heterocycles. The molecule has 1 heterocycles. The molecule has 0 atom stereocenters. The van der Waals surface area contributed by atoms with Crippen molar-refractivity contribution < 1.29 is 14.6 Å². The number of allylic oxidation sites excluding steroid dienone is 1. The van der Waals surface area contributed by atoms with Crippen molar-refractivity contribution in [1.29, 1.82) is 0 Å². The fraction of sp³-hybridized carbons (Fsp3) is 0.444. The maximum Gasteiger partial charge on any atom is 0.331 e. The van der Waals surface area contributed by atoms with Crippen LogP contribution in [0.25, 0.3) is 0 Å². The first-order chi connectivity index (χ1) is 5.77. The molecule has 0 spiro atoms. The molecule has 0 unspecified atom stereocenters. The van der Waals surface area contributed by atoms with Crippen LogP contribution in [0.1, 0.15) is 13.3 Å². The number of ether oxygens (including phenoxy) is 1. The summed E-state index contributed by atoms with van der Waals surface area (Å²) in [5.41, 5.74) is 1.70. The van der Waals surface area contributed by atoms with Crippen LogP contribution in [0.5, 0.6) is 0 Å². The fourth-order valence-electron chi connectivity index (χ4n) is 1.15. The monoisotopic (exact) mass is 168 g/mol. The lowest BCUT2D eigenvalue weighted by Gasteiger charge is -2.14. The summed E-state index contributed by atoms with van der Waals surface area (Å²) in [6.45, 7) is 2.24. The topological polar surface area (TPSA) is 46.5 Å². The average molecular weight is 168 g/mol. The Labute approximate surface area is 71.3 Å². The minimum atomic E-state index is -0.316. The minimum Gasteiger partial charge on any atom is -0.462 e. The third kappa shape index (κ3) is 1.95. The number of carbonyl (C=O) groups is 1. The Morgan fingerprint density at radius 3 is 3.08 bits per heavy atom. The summed E-state index contributed by atoms with van der Waals surface area (Å²) in [7, 11) is 0. The van der Waals surface area contributed by atoms with E-state index in [2.05, 4.69) is 0 Å². The molecule has 0 aromatic heterocycles. The summed E-state index contributed by atoms with van der Waals surface area (Å²) in [6.07, 6.45) is 3.95. The SMILES string of the molecule is C/C=C(\CO)C1=CC(=O)OCC1. The smallest absolute Gasteiger partial charge is 0.331 e. The van der Waals surface area contributed by atoms with Crippen LogP contribution < -0.4 is 0 Å². The Kier molecular flexibility index (Phi) is 3.05. The highest BCUT2D eigenvalue weighted by Crippen LogP contribution is 2.17. The van der Waals surface area contributed by atoms with Crippen LogP contribution in [0.2, 0.25) is 0 Å². The van der Waals surface area contributed by atoms with E-state index in [4.69, 9.17) is 9.84 Å². The molecule has 0 fully saturated rings. The molecule has 1 aliphatic rings. The van der Waals surface area contributed by atoms with Crippen molar-refractivity contribution in [2.45, 2.75) is 13.3 Å². The lowest BCUT2D eigenvalue weighted by molar-refractivity contribution is -0.138. The van der Waals surface area contributed by atoms with Crippen molar-refractivity contribution >= 4 is 5.97 Å². The molecular weight excluding hydrogens is 156 g/mol. The largest absolute Gasteiger partial charge is 0.462 e. The van der Waals surface area contributed by atoms with E-state index < -0.39 is 0 Å². The summed E-state index contributed by atoms with van der Waals surface area (Å²) in [4.78, 5) is 10.8. The van der Waals surface area contributed by atoms with Gasteiger partial charge in [-0.15, -0.1) is 0 Å². The normalized spacial score (nSPS) is 18.7. The molecule has 1 N–H and O–H groups in total. The highest BCUT2D eigenvalue weighted by Gasteiger charge is 2.12. The lowest BCUT2D eigenvalue weighted by atomic mass is 10.0. The molecule has 0 saturated carbocycles. The Hall–Kier alpha value is -1.09. The van der Waals surface area contributed by atoms with Gasteiger partial charge in [0.05, 0.1) is 13.2 Å². The van der Waals surface area contributed by atoms with Gasteiger partial charge in [-0.3, -0.25) is 0 Å². The Morgan fingerprint density at radius 2 is 2.58 bits per heavy atom. The van der Waals surface area contributed by atoms with Gasteiger partial charge in [0.25, 0.3) is 0 Å². The first kappa shape index (κ1) is 9.00. The zero-order valence-electron chi connectivity index (χ0n) is 7.04. The van der Waals surface area contributed by atoms with Crippen LogP contribution in [0, 0.1) is 0 Å². The third-order valence-corrected chi connectivity index (χ3v) is 1.84. The summed E-state index contributed by atoms with van der Waals surface area (Å²) in [6, 6.07) is 0. The number of hydrogen-bond donors (Lipinski definition) is 1. The maximum atomic E-state index is 10.8. The molecule has 66 valence electrons. The van der Waals surface area contributed by atoms with Crippen LogP contribution in [-0.2, 0) is 9.53 Å². The van der Waals surface area contributed by atoms with Gasteiger partial charge in [0.1, 0.15) is 0 Å². The number of aliphatic hydroxyl groups excluding tert-OH is 1. The molecule has 0 amide bonds. The van der Waals surface area contributed by atoms with Gasteiger partial charge in [0.2, 0.25) is 0 Å². The predicted molar refractivity (Wildman–Crippen MR) is 44.5 cm³/mol. The highest BCUT2D eigenvalue weighted by atomic mass is 16.5. The van der Waals surface area contributed by atoms with Gasteiger partial charge in [-0.25, -0.2) is 4.79 Å². The molecule has 3 nitrogen and oxygen atoms in total. The second kappa shape index (κ2) is 4.07. The van der Waals surface area contributed by atoms with E-state index in [1.54, 1.807) is 0 Å². The van der Waals surface area contributed by atoms with E-state index in [-0.39, 0.29) is 12.6 Å². The van der Waals surface area contributed by atoms with Gasteiger partial charge in [-0.05, 0) is 18.1 Å². The number of aliphatic hydroxyl groups is 1. The molecule has 0 radical (unpaired) electrons. The molecule has 0 aliphatic carbocycles. The maximum absolute atomic E-state index is 10.8. The fourth-order valence-corrected chi connectivity index (χ4v) is 1.15. The number of hydrogen-bond acceptors (Lipinski definition) is 3. The van der Waals surface area contributed by atoms with Gasteiger partial charge in [0, 0.05) is 12.5 Å². The van der Waals surface area contributed by atoms with Gasteiger partial charge >= 0.3 is 5.97 Å². The van der Waals surface area contributed by atoms with Crippen molar-refractivity contribution in [2.75, 3.05) is 13.2 Å². The van der Waals surface area contributed by atoms with E-state index in [0.29, 0.717) is 13.0 Å². The van der Waals surface area contributed by atoms with Crippen molar-refractivity contribution in [3.63, 3.8) is 0 Å². The summed E-state index contributed by atoms with van der Waals surface area (Å²) in [5, 5.41) is 8.90. The summed E-state index contributed by atoms with van der Waals surface area (Å²) < 4.78 is 4.72. The Bertz CT molecular complexity index is 238. The number of carbonyl (C=O) groups excluding carboxylic acids is 1. The van der Waals surface area contributed by atoms with Crippen LogP contribution in [0.15, 0.2) is 23.3 Å². The van der Waals surface area contributed by atoms with Crippen LogP contribution in [0.4, 0.5) is 0 Å². The van der Waals surface area contributed by atoms with Gasteiger partial charge < -0.3 is 9.84 Å². The molecule has 1 aliphatic heterocycles. The molecule has 3 heteroatoms. The summed E-state index contributed by atoms with van der Waals surface area (Å²) >= 11 is 0. The molecular formula is C9H12O3. The summed E-state index contributed by atoms with van der Waals surface area (Å²) in [5.74, 6) is -0.316. The minimum absolute atomic E-state index is 0.0182. The van der Waals surface area contributed by atoms with E-state index in [1.165, 1.54) is 6.08 Å². The van der Waals surface area contributed by atoms with Crippen LogP contribution >= 0.6 is 0 Å². The molecule has 1 rings (SSSR count). The van der Waals surface area contributed by atoms with Gasteiger partial charge in [0.15, 0.2) is 0 Å². The van der Waals surface area contributed by atoms with E-state index >= 15 is 0 Å². The quantitative estimate of drug-likeness (QED) is 0.620. The zero-order valence-corrected chi connectivity index (χ0v) is 7.04. The molecule has 0 aromatic carbocycles. The first-order valence-electron chi connectivity index (χ1n) is 3.91. The Balaban J connectivity index is 2.79. The van der Waals surface area contributed by atoms with E-state index in [0.717, 1.165) is 11.1 Å². The van der Waals surface area contributed by atoms with Crippen LogP contribution in [0.3, 0.4) is 0 Å². The van der Waals surface area contributed by atoms with E-state index in [1.807, 2.05) is 13.0 Å². The second-order valence-electron chi connectivity index (χ2n) is 2.56. The standard InChI is InChI=1S/C9H12O3/c1-2-7(6-10)8-3-4-12-9(11)5-8/h2,5,10H,3-4,6H2,1H3/b7-2+. The van der Waals surface area contributed by atoms with E-state index in [9.17, 15) is 4.79 Å². The number of esters is 1. The predicted octanol–water partition coefficient (Wildman–Crippen LogP) is 0.798. The number of rotatable bonds is 2. The second-order valence-corrected chi connectivity index (χ2v) is 2.56. The molecule has 12 heavy (non-hydrogen) atoms. The molecule has 0 bridgehead atoms. The number of cyclic esters (lactones) is 1. The van der Waals surface area contributed by atoms with Crippen molar-refractivity contribution in [2.24, 2.45) is 0 Å². The van der Waals surface area contributed by atoms with Gasteiger partial charge in [-0.1, -0.05) is 6.08 Å². The lowest BCUT2D eigenvalue weighted by Crippen LogP contribution is -2.12. The third-order valence-electron chi connectivity index (χ3n) is 1.84. The molecule has 0 aromatic rings. The first-order valence-corrected chi connectivity index (χ1v) is 3.91.